The molecule has 0 aliphatic carbocycles. The van der Waals surface area contributed by atoms with Crippen molar-refractivity contribution in [3.05, 3.63) is 133 Å². The van der Waals surface area contributed by atoms with Crippen molar-refractivity contribution in [3.8, 4) is 21.9 Å². The molecule has 0 radical (unpaired) electrons. The molecule has 0 unspecified atom stereocenters. The SMILES string of the molecule is C.CCC[CH2][Sn]([CH2]CCC)([CH2]CCC)[c]1nccs1.N#N.O=c1ccc(-c2nccs2)cn1-c1ccncc1.O=c1ccc(I)cn1-c1ccncc1. The van der Waals surface area contributed by atoms with Gasteiger partial charge in [0.2, 0.25) is 0 Å². The van der Waals surface area contributed by atoms with Gasteiger partial charge in [0, 0.05) is 80.8 Å². The summed E-state index contributed by atoms with van der Waals surface area (Å²) in [5, 5.41) is 17.0. The van der Waals surface area contributed by atoms with Crippen molar-refractivity contribution in [2.24, 2.45) is 0 Å². The van der Waals surface area contributed by atoms with Crippen LogP contribution in [0.5, 0.6) is 0 Å². The number of pyridine rings is 4. The quantitative estimate of drug-likeness (QED) is 0.0633. The third-order valence-electron chi connectivity index (χ3n) is 8.26. The van der Waals surface area contributed by atoms with Crippen LogP contribution >= 0.6 is 45.3 Å². The van der Waals surface area contributed by atoms with Crippen LogP contribution < -0.4 is 14.1 Å². The fraction of sp³-hybridized carbons (Fsp3) is 0.333. The van der Waals surface area contributed by atoms with Crippen molar-refractivity contribution in [3.63, 3.8) is 0 Å². The van der Waals surface area contributed by atoms with E-state index in [1.165, 1.54) is 38.5 Å². The predicted octanol–water partition coefficient (Wildman–Crippen LogP) is 10.1. The molecule has 6 heterocycles. The molecule has 6 rings (SSSR count). The molecule has 0 saturated carbocycles. The van der Waals surface area contributed by atoms with Gasteiger partial charge in [0.1, 0.15) is 5.01 Å². The molecule has 280 valence electrons. The van der Waals surface area contributed by atoms with Crippen LogP contribution in [0, 0.1) is 14.4 Å². The molecule has 0 spiro atoms. The minimum absolute atomic E-state index is 0. The summed E-state index contributed by atoms with van der Waals surface area (Å²) in [5.41, 5.74) is 2.47. The van der Waals surface area contributed by atoms with E-state index < -0.39 is 18.4 Å². The van der Waals surface area contributed by atoms with Crippen molar-refractivity contribution in [1.82, 2.24) is 29.1 Å². The van der Waals surface area contributed by atoms with Crippen LogP contribution in [-0.2, 0) is 0 Å². The van der Waals surface area contributed by atoms with Crippen LogP contribution in [0.4, 0.5) is 0 Å². The maximum atomic E-state index is 11.9. The molecule has 0 atom stereocenters. The fourth-order valence-electron chi connectivity index (χ4n) is 5.58. The van der Waals surface area contributed by atoms with Crippen LogP contribution in [0.15, 0.2) is 118 Å². The molecule has 6 aromatic heterocycles. The molecule has 0 bridgehead atoms. The Kier molecular flexibility index (Phi) is 21.9. The van der Waals surface area contributed by atoms with E-state index in [2.05, 4.69) is 63.7 Å². The summed E-state index contributed by atoms with van der Waals surface area (Å²) < 4.78 is 10.5. The van der Waals surface area contributed by atoms with Crippen molar-refractivity contribution >= 4 is 66.7 Å². The molecule has 0 N–H and O–H groups in total. The Balaban J connectivity index is 0.000000268. The van der Waals surface area contributed by atoms with Crippen molar-refractivity contribution < 1.29 is 0 Å². The van der Waals surface area contributed by atoms with E-state index in [1.54, 1.807) is 129 Å². The Labute approximate surface area is 338 Å². The van der Waals surface area contributed by atoms with E-state index in [4.69, 9.17) is 15.8 Å². The number of hydrogen-bond donors (Lipinski definition) is 0. The number of aromatic nitrogens is 6. The molecule has 0 saturated heterocycles. The Bertz CT molecular complexity index is 1970. The number of thiazole rings is 2. The topological polar surface area (TPSA) is 143 Å². The Morgan fingerprint density at radius 2 is 1.11 bits per heavy atom. The van der Waals surface area contributed by atoms with Gasteiger partial charge in [-0.15, -0.1) is 11.3 Å². The minimum Gasteiger partial charge on any atom is -0.284 e. The molecule has 0 aromatic carbocycles. The van der Waals surface area contributed by atoms with E-state index in [1.807, 2.05) is 22.9 Å². The van der Waals surface area contributed by atoms with Crippen LogP contribution in [0.25, 0.3) is 21.9 Å². The molecule has 10 nitrogen and oxygen atoms in total. The maximum absolute atomic E-state index is 11.9. The monoisotopic (exact) mass is 972 g/mol. The first kappa shape index (κ1) is 45.6. The zero-order valence-electron chi connectivity index (χ0n) is 29.8. The van der Waals surface area contributed by atoms with Gasteiger partial charge in [0.05, 0.1) is 11.4 Å². The Hall–Kier alpha value is -3.59. The number of nitrogens with zero attached hydrogens (tertiary/aromatic N) is 8. The molecule has 0 aliphatic rings. The first-order valence-electron chi connectivity index (χ1n) is 17.3. The Morgan fingerprint density at radius 1 is 0.642 bits per heavy atom. The normalized spacial score (nSPS) is 10.3. The van der Waals surface area contributed by atoms with Gasteiger partial charge < -0.3 is 0 Å². The third-order valence-corrected chi connectivity index (χ3v) is 28.4. The zero-order chi connectivity index (χ0) is 37.6. The number of hydrogen-bond acceptors (Lipinski definition) is 10. The maximum Gasteiger partial charge on any atom is 0.255 e. The number of halogens is 1. The number of rotatable bonds is 13. The van der Waals surface area contributed by atoms with Crippen molar-refractivity contribution in [2.45, 2.75) is 80.0 Å². The molecule has 0 fully saturated rings. The van der Waals surface area contributed by atoms with Crippen molar-refractivity contribution in [2.75, 3.05) is 0 Å². The average molecular weight is 972 g/mol. The van der Waals surface area contributed by atoms with Gasteiger partial charge in [-0.25, -0.2) is 4.98 Å². The summed E-state index contributed by atoms with van der Waals surface area (Å²) in [7, 11) is 0. The summed E-state index contributed by atoms with van der Waals surface area (Å²) in [6, 6.07) is 13.9. The van der Waals surface area contributed by atoms with Crippen molar-refractivity contribution in [1.29, 1.82) is 10.8 Å². The van der Waals surface area contributed by atoms with E-state index >= 15 is 0 Å². The standard InChI is InChI=1S/C13H9N3OS.C10H7IN2O.3C4H9.C3H2NS.CH4.N2.Sn/c17-12-2-1-10(13-15-7-8-18-13)9-16(12)11-3-5-14-6-4-11;11-8-1-2-10(14)13(7-8)9-3-5-12-6-4-9;3*1-3-4-2;1-2-5-3-4-1;;1-2;/h1-9H;1-7H;3*1,3-4H2,2H3;1-2H;1H4;;. The van der Waals surface area contributed by atoms with Crippen LogP contribution in [0.3, 0.4) is 0 Å². The minimum atomic E-state index is -2.12. The molecule has 0 amide bonds. The molecule has 0 aliphatic heterocycles. The molecular weight excluding hydrogens is 922 g/mol. The summed E-state index contributed by atoms with van der Waals surface area (Å²) in [5.74, 6) is 0. The van der Waals surface area contributed by atoms with Gasteiger partial charge in [0.15, 0.2) is 0 Å². The van der Waals surface area contributed by atoms with Gasteiger partial charge >= 0.3 is 122 Å². The average Bonchev–Trinajstić information content (AvgIpc) is 3.95. The van der Waals surface area contributed by atoms with Gasteiger partial charge in [-0.2, -0.15) is 0 Å². The summed E-state index contributed by atoms with van der Waals surface area (Å²) >= 11 is 3.56. The molecule has 6 aromatic rings. The van der Waals surface area contributed by atoms with Gasteiger partial charge in [-0.05, 0) is 59.0 Å². The first-order chi connectivity index (χ1) is 25.4. The van der Waals surface area contributed by atoms with E-state index in [0.717, 1.165) is 25.5 Å². The molecule has 53 heavy (non-hydrogen) atoms. The summed E-state index contributed by atoms with van der Waals surface area (Å²) in [6.07, 6.45) is 22.4. The predicted molar refractivity (Wildman–Crippen MR) is 230 cm³/mol. The van der Waals surface area contributed by atoms with Gasteiger partial charge in [0.25, 0.3) is 11.1 Å². The van der Waals surface area contributed by atoms with E-state index in [9.17, 15) is 9.59 Å². The third kappa shape index (κ3) is 14.3. The molecular formula is C39H49IN8O2S2Sn. The zero-order valence-corrected chi connectivity index (χ0v) is 36.5. The summed E-state index contributed by atoms with van der Waals surface area (Å²) in [4.78, 5) is 40.2. The second kappa shape index (κ2) is 25.4. The van der Waals surface area contributed by atoms with Crippen LogP contribution in [-0.4, -0.2) is 47.4 Å². The fourth-order valence-corrected chi connectivity index (χ4v) is 25.9. The van der Waals surface area contributed by atoms with Crippen LogP contribution in [0.1, 0.15) is 66.7 Å². The molecule has 14 heteroatoms. The first-order valence-corrected chi connectivity index (χ1v) is 27.6. The van der Waals surface area contributed by atoms with Gasteiger partial charge in [-0.1, -0.05) is 7.43 Å². The summed E-state index contributed by atoms with van der Waals surface area (Å²) in [6.45, 7) is 6.99. The second-order valence-corrected chi connectivity index (χ2v) is 28.9. The largest absolute Gasteiger partial charge is 0.284 e. The smallest absolute Gasteiger partial charge is 0.255 e. The van der Waals surface area contributed by atoms with Gasteiger partial charge in [-0.3, -0.25) is 28.7 Å². The number of unbranched alkanes of at least 4 members (excludes halogenated alkanes) is 3. The van der Waals surface area contributed by atoms with Crippen LogP contribution in [0.2, 0.25) is 13.3 Å². The Morgan fingerprint density at radius 3 is 1.57 bits per heavy atom. The second-order valence-electron chi connectivity index (χ2n) is 11.9. The van der Waals surface area contributed by atoms with E-state index in [0.29, 0.717) is 0 Å². The van der Waals surface area contributed by atoms with E-state index in [-0.39, 0.29) is 18.5 Å².